The van der Waals surface area contributed by atoms with Crippen LogP contribution in [0.3, 0.4) is 0 Å². The Balaban J connectivity index is 0.00000243. The highest BCUT2D eigenvalue weighted by molar-refractivity contribution is 5.85. The van der Waals surface area contributed by atoms with Crippen molar-refractivity contribution >= 4 is 18.3 Å². The lowest BCUT2D eigenvalue weighted by Crippen LogP contribution is -2.49. The molecular weight excluding hydrogens is 371 g/mol. The number of halogens is 4. The van der Waals surface area contributed by atoms with E-state index in [1.165, 1.54) is 18.2 Å². The van der Waals surface area contributed by atoms with Crippen LogP contribution >= 0.6 is 12.4 Å². The van der Waals surface area contributed by atoms with E-state index in [9.17, 15) is 18.0 Å². The number of piperazine rings is 1. The summed E-state index contributed by atoms with van der Waals surface area (Å²) in [6.07, 6.45) is -3.61. The summed E-state index contributed by atoms with van der Waals surface area (Å²) >= 11 is 0. The third-order valence-electron chi connectivity index (χ3n) is 4.73. The molecule has 0 radical (unpaired) electrons. The number of carbonyl (C=O) groups excluding carboxylic acids is 1. The molecule has 2 fully saturated rings. The number of rotatable bonds is 4. The maximum atomic E-state index is 12.9. The van der Waals surface area contributed by atoms with Gasteiger partial charge in [0.2, 0.25) is 0 Å². The first-order chi connectivity index (χ1) is 11.9. The van der Waals surface area contributed by atoms with E-state index >= 15 is 0 Å². The summed E-state index contributed by atoms with van der Waals surface area (Å²) in [5, 5.41) is 3.29. The molecule has 1 atom stereocenters. The second kappa shape index (κ2) is 8.92. The molecule has 1 aromatic carbocycles. The van der Waals surface area contributed by atoms with Crippen molar-refractivity contribution in [3.05, 3.63) is 29.8 Å². The van der Waals surface area contributed by atoms with Crippen LogP contribution in [0.1, 0.15) is 12.0 Å². The molecule has 0 saturated carbocycles. The highest BCUT2D eigenvalue weighted by atomic mass is 35.5. The van der Waals surface area contributed by atoms with E-state index in [1.807, 2.05) is 0 Å². The fourth-order valence-electron chi connectivity index (χ4n) is 3.37. The SMILES string of the molecule is Cl.O=C(COc1ccccc1C(F)(F)F)N1CCC(N2CCNCC2)C1. The maximum Gasteiger partial charge on any atom is 0.419 e. The van der Waals surface area contributed by atoms with Crippen LogP contribution in [-0.2, 0) is 11.0 Å². The van der Waals surface area contributed by atoms with Crippen LogP contribution in [0.2, 0.25) is 0 Å². The lowest BCUT2D eigenvalue weighted by atomic mass is 10.2. The number of ether oxygens (including phenoxy) is 1. The smallest absolute Gasteiger partial charge is 0.419 e. The van der Waals surface area contributed by atoms with Crippen molar-refractivity contribution in [1.82, 2.24) is 15.1 Å². The van der Waals surface area contributed by atoms with Crippen molar-refractivity contribution in [2.45, 2.75) is 18.6 Å². The minimum Gasteiger partial charge on any atom is -0.483 e. The number of likely N-dealkylation sites (tertiary alicyclic amines) is 1. The second-order valence-electron chi connectivity index (χ2n) is 6.35. The Bertz CT molecular complexity index is 609. The number of carbonyl (C=O) groups is 1. The Morgan fingerprint density at radius 2 is 1.88 bits per heavy atom. The van der Waals surface area contributed by atoms with Gasteiger partial charge >= 0.3 is 6.18 Å². The molecule has 2 aliphatic heterocycles. The molecule has 0 bridgehead atoms. The van der Waals surface area contributed by atoms with Crippen LogP contribution in [0.15, 0.2) is 24.3 Å². The van der Waals surface area contributed by atoms with Crippen molar-refractivity contribution in [3.63, 3.8) is 0 Å². The number of nitrogens with zero attached hydrogens (tertiary/aromatic N) is 2. The van der Waals surface area contributed by atoms with E-state index in [0.717, 1.165) is 38.7 Å². The topological polar surface area (TPSA) is 44.8 Å². The molecule has 2 saturated heterocycles. The highest BCUT2D eigenvalue weighted by Crippen LogP contribution is 2.35. The average molecular weight is 394 g/mol. The van der Waals surface area contributed by atoms with Gasteiger partial charge in [0.05, 0.1) is 5.56 Å². The summed E-state index contributed by atoms with van der Waals surface area (Å²) in [7, 11) is 0. The fourth-order valence-corrected chi connectivity index (χ4v) is 3.37. The number of alkyl halides is 3. The fraction of sp³-hybridized carbons (Fsp3) is 0.588. The van der Waals surface area contributed by atoms with E-state index in [-0.39, 0.29) is 30.7 Å². The van der Waals surface area contributed by atoms with Gasteiger partial charge in [-0.15, -0.1) is 12.4 Å². The zero-order chi connectivity index (χ0) is 17.9. The van der Waals surface area contributed by atoms with Crippen molar-refractivity contribution in [1.29, 1.82) is 0 Å². The first-order valence-corrected chi connectivity index (χ1v) is 8.47. The second-order valence-corrected chi connectivity index (χ2v) is 6.35. The van der Waals surface area contributed by atoms with Gasteiger partial charge in [-0.1, -0.05) is 12.1 Å². The summed E-state index contributed by atoms with van der Waals surface area (Å²) in [6.45, 7) is 4.68. The van der Waals surface area contributed by atoms with Crippen LogP contribution < -0.4 is 10.1 Å². The third kappa shape index (κ3) is 5.02. The standard InChI is InChI=1S/C17H22F3N3O2.ClH/c18-17(19,20)14-3-1-2-4-15(14)25-12-16(24)23-8-5-13(11-23)22-9-6-21-7-10-22;/h1-4,13,21H,5-12H2;1H. The van der Waals surface area contributed by atoms with Crippen molar-refractivity contribution in [2.24, 2.45) is 0 Å². The highest BCUT2D eigenvalue weighted by Gasteiger charge is 2.35. The molecule has 2 heterocycles. The zero-order valence-corrected chi connectivity index (χ0v) is 15.1. The van der Waals surface area contributed by atoms with Gasteiger partial charge in [-0.2, -0.15) is 13.2 Å². The third-order valence-corrected chi connectivity index (χ3v) is 4.73. The monoisotopic (exact) mass is 393 g/mol. The van der Waals surface area contributed by atoms with Crippen LogP contribution in [-0.4, -0.2) is 67.6 Å². The lowest BCUT2D eigenvalue weighted by molar-refractivity contribution is -0.140. The van der Waals surface area contributed by atoms with E-state index in [2.05, 4.69) is 10.2 Å². The van der Waals surface area contributed by atoms with Gasteiger partial charge in [0.25, 0.3) is 5.91 Å². The van der Waals surface area contributed by atoms with Gasteiger partial charge in [0, 0.05) is 45.3 Å². The Hall–Kier alpha value is -1.51. The summed E-state index contributed by atoms with van der Waals surface area (Å²) in [5.74, 6) is -0.573. The summed E-state index contributed by atoms with van der Waals surface area (Å²) in [5.41, 5.74) is -0.858. The van der Waals surface area contributed by atoms with Crippen molar-refractivity contribution in [2.75, 3.05) is 45.9 Å². The quantitative estimate of drug-likeness (QED) is 0.850. The molecule has 5 nitrogen and oxygen atoms in total. The van der Waals surface area contributed by atoms with Gasteiger partial charge in [-0.3, -0.25) is 9.69 Å². The summed E-state index contributed by atoms with van der Waals surface area (Å²) in [4.78, 5) is 16.3. The molecule has 26 heavy (non-hydrogen) atoms. The Labute approximate surface area is 156 Å². The molecular formula is C17H23ClF3N3O2. The molecule has 3 rings (SSSR count). The predicted octanol–water partition coefficient (Wildman–Crippen LogP) is 2.01. The number of benzene rings is 1. The average Bonchev–Trinajstić information content (AvgIpc) is 3.10. The predicted molar refractivity (Wildman–Crippen MR) is 93.6 cm³/mol. The summed E-state index contributed by atoms with van der Waals surface area (Å²) < 4.78 is 44.0. The largest absolute Gasteiger partial charge is 0.483 e. The Morgan fingerprint density at radius 3 is 2.58 bits per heavy atom. The van der Waals surface area contributed by atoms with Gasteiger partial charge in [-0.05, 0) is 18.6 Å². The van der Waals surface area contributed by atoms with E-state index in [0.29, 0.717) is 19.1 Å². The van der Waals surface area contributed by atoms with Crippen molar-refractivity contribution < 1.29 is 22.7 Å². The van der Waals surface area contributed by atoms with Crippen LogP contribution in [0, 0.1) is 0 Å². The number of amides is 1. The minimum absolute atomic E-state index is 0. The molecule has 9 heteroatoms. The number of nitrogens with one attached hydrogen (secondary N) is 1. The molecule has 1 unspecified atom stereocenters. The van der Waals surface area contributed by atoms with Gasteiger partial charge in [-0.25, -0.2) is 0 Å². The first-order valence-electron chi connectivity index (χ1n) is 8.47. The number of para-hydroxylation sites is 1. The zero-order valence-electron chi connectivity index (χ0n) is 14.3. The molecule has 0 aliphatic carbocycles. The van der Waals surface area contributed by atoms with E-state index < -0.39 is 11.7 Å². The van der Waals surface area contributed by atoms with Crippen LogP contribution in [0.5, 0.6) is 5.75 Å². The Morgan fingerprint density at radius 1 is 1.19 bits per heavy atom. The summed E-state index contributed by atoms with van der Waals surface area (Å²) in [6, 6.07) is 5.29. The van der Waals surface area contributed by atoms with Crippen molar-refractivity contribution in [3.8, 4) is 5.75 Å². The first kappa shape index (κ1) is 20.8. The molecule has 146 valence electrons. The van der Waals surface area contributed by atoms with Crippen LogP contribution in [0.25, 0.3) is 0 Å². The Kier molecular flexibility index (Phi) is 7.14. The normalized spacial score (nSPS) is 21.3. The molecule has 1 aromatic rings. The molecule has 1 N–H and O–H groups in total. The minimum atomic E-state index is -4.50. The lowest BCUT2D eigenvalue weighted by Gasteiger charge is -2.32. The van der Waals surface area contributed by atoms with Crippen LogP contribution in [0.4, 0.5) is 13.2 Å². The van der Waals surface area contributed by atoms with E-state index in [4.69, 9.17) is 4.74 Å². The molecule has 0 spiro atoms. The van der Waals surface area contributed by atoms with Gasteiger partial charge in [0.1, 0.15) is 5.75 Å². The van der Waals surface area contributed by atoms with Gasteiger partial charge in [0.15, 0.2) is 6.61 Å². The maximum absolute atomic E-state index is 12.9. The molecule has 1 amide bonds. The van der Waals surface area contributed by atoms with Gasteiger partial charge < -0.3 is 15.0 Å². The number of hydrogen-bond donors (Lipinski definition) is 1. The van der Waals surface area contributed by atoms with E-state index in [1.54, 1.807) is 4.90 Å². The molecule has 0 aromatic heterocycles. The number of hydrogen-bond acceptors (Lipinski definition) is 4. The molecule has 2 aliphatic rings.